The summed E-state index contributed by atoms with van der Waals surface area (Å²) < 4.78 is 31.5. The number of fused-ring (bicyclic) bond motifs is 1. The highest BCUT2D eigenvalue weighted by atomic mass is 19.1. The van der Waals surface area contributed by atoms with E-state index in [2.05, 4.69) is 16.8 Å². The number of hydrogen-bond acceptors (Lipinski definition) is 5. The molecule has 1 aliphatic heterocycles. The number of aromatic nitrogens is 1. The average Bonchev–Trinajstić information content (AvgIpc) is 2.79. The number of para-hydroxylation sites is 1. The van der Waals surface area contributed by atoms with E-state index in [0.29, 0.717) is 35.3 Å². The maximum absolute atomic E-state index is 14.0. The van der Waals surface area contributed by atoms with Crippen LogP contribution in [-0.2, 0) is 0 Å². The quantitative estimate of drug-likeness (QED) is 0.530. The molecular formula is C24H27FN2O3. The first kappa shape index (κ1) is 20.4. The number of benzene rings is 2. The summed E-state index contributed by atoms with van der Waals surface area (Å²) in [5.74, 6) is 2.09. The Kier molecular flexibility index (Phi) is 6.33. The van der Waals surface area contributed by atoms with Gasteiger partial charge < -0.3 is 19.1 Å². The van der Waals surface area contributed by atoms with Gasteiger partial charge in [0.2, 0.25) is 0 Å². The van der Waals surface area contributed by atoms with Gasteiger partial charge in [-0.1, -0.05) is 19.1 Å². The minimum atomic E-state index is -0.413. The van der Waals surface area contributed by atoms with Gasteiger partial charge >= 0.3 is 0 Å². The molecule has 0 bridgehead atoms. The predicted molar refractivity (Wildman–Crippen MR) is 115 cm³/mol. The Hall–Kier alpha value is -2.86. The average molecular weight is 410 g/mol. The van der Waals surface area contributed by atoms with Gasteiger partial charge in [0.15, 0.2) is 23.1 Å². The highest BCUT2D eigenvalue weighted by Crippen LogP contribution is 2.37. The Balaban J connectivity index is 1.55. The molecule has 158 valence electrons. The van der Waals surface area contributed by atoms with Gasteiger partial charge in [0, 0.05) is 17.6 Å². The Bertz CT molecular complexity index is 1000. The zero-order chi connectivity index (χ0) is 20.9. The van der Waals surface area contributed by atoms with Crippen LogP contribution in [0.15, 0.2) is 48.7 Å². The first-order valence-corrected chi connectivity index (χ1v) is 10.4. The van der Waals surface area contributed by atoms with Gasteiger partial charge in [0.1, 0.15) is 5.75 Å². The normalized spacial score (nSPS) is 15.3. The molecule has 30 heavy (non-hydrogen) atoms. The molecule has 0 amide bonds. The third kappa shape index (κ3) is 4.49. The molecule has 2 aromatic carbocycles. The molecule has 2 heterocycles. The van der Waals surface area contributed by atoms with E-state index in [1.54, 1.807) is 37.6 Å². The highest BCUT2D eigenvalue weighted by molar-refractivity contribution is 5.88. The van der Waals surface area contributed by atoms with Crippen LogP contribution in [0.4, 0.5) is 4.39 Å². The van der Waals surface area contributed by atoms with Gasteiger partial charge in [-0.15, -0.1) is 0 Å². The predicted octanol–water partition coefficient (Wildman–Crippen LogP) is 5.29. The van der Waals surface area contributed by atoms with Crippen molar-refractivity contribution in [3.63, 3.8) is 0 Å². The van der Waals surface area contributed by atoms with Crippen LogP contribution >= 0.6 is 0 Å². The number of hydrogen-bond donors (Lipinski definition) is 0. The maximum atomic E-state index is 14.0. The van der Waals surface area contributed by atoms with Gasteiger partial charge in [-0.25, -0.2) is 4.39 Å². The lowest BCUT2D eigenvalue weighted by Gasteiger charge is -2.30. The molecule has 1 aliphatic rings. The van der Waals surface area contributed by atoms with Crippen LogP contribution in [-0.4, -0.2) is 43.2 Å². The van der Waals surface area contributed by atoms with E-state index >= 15 is 0 Å². The number of likely N-dealkylation sites (tertiary alicyclic amines) is 1. The molecule has 0 N–H and O–H groups in total. The highest BCUT2D eigenvalue weighted by Gasteiger charge is 2.20. The summed E-state index contributed by atoms with van der Waals surface area (Å²) in [5, 5.41) is 0.737. The van der Waals surface area contributed by atoms with Gasteiger partial charge in [0.05, 0.1) is 19.2 Å². The zero-order valence-electron chi connectivity index (χ0n) is 17.4. The molecule has 4 rings (SSSR count). The summed E-state index contributed by atoms with van der Waals surface area (Å²) >= 11 is 0. The lowest BCUT2D eigenvalue weighted by atomic mass is 9.98. The summed E-state index contributed by atoms with van der Waals surface area (Å²) in [7, 11) is 1.61. The van der Waals surface area contributed by atoms with E-state index in [1.807, 2.05) is 12.1 Å². The Morgan fingerprint density at radius 3 is 2.57 bits per heavy atom. The summed E-state index contributed by atoms with van der Waals surface area (Å²) in [4.78, 5) is 6.91. The minimum absolute atomic E-state index is 0.169. The smallest absolute Gasteiger partial charge is 0.165 e. The van der Waals surface area contributed by atoms with Crippen LogP contribution < -0.4 is 14.2 Å². The molecule has 1 aromatic heterocycles. The fourth-order valence-electron chi connectivity index (χ4n) is 3.81. The molecule has 0 atom stereocenters. The van der Waals surface area contributed by atoms with Crippen LogP contribution in [0.25, 0.3) is 10.9 Å². The molecule has 0 radical (unpaired) electrons. The number of rotatable bonds is 7. The number of piperidine rings is 1. The monoisotopic (exact) mass is 410 g/mol. The lowest BCUT2D eigenvalue weighted by molar-refractivity contribution is 0.144. The van der Waals surface area contributed by atoms with Crippen molar-refractivity contribution in [1.29, 1.82) is 0 Å². The molecule has 1 saturated heterocycles. The van der Waals surface area contributed by atoms with E-state index in [0.717, 1.165) is 37.9 Å². The van der Waals surface area contributed by atoms with E-state index in [-0.39, 0.29) is 5.75 Å². The van der Waals surface area contributed by atoms with Crippen molar-refractivity contribution in [3.8, 4) is 23.0 Å². The summed E-state index contributed by atoms with van der Waals surface area (Å²) in [6.45, 7) is 6.21. The van der Waals surface area contributed by atoms with Crippen LogP contribution in [0.1, 0.15) is 19.8 Å². The summed E-state index contributed by atoms with van der Waals surface area (Å²) in [6.07, 6.45) is 3.93. The van der Waals surface area contributed by atoms with Crippen molar-refractivity contribution >= 4 is 10.9 Å². The van der Waals surface area contributed by atoms with Crippen LogP contribution in [0.2, 0.25) is 0 Å². The van der Waals surface area contributed by atoms with E-state index in [4.69, 9.17) is 14.2 Å². The minimum Gasteiger partial charge on any atom is -0.493 e. The SMILES string of the molecule is CCN1CCC(COc2cc3nccc(Oc4ccccc4F)c3cc2OC)CC1. The van der Waals surface area contributed by atoms with Crippen molar-refractivity contribution in [3.05, 3.63) is 54.5 Å². The molecule has 3 aromatic rings. The molecular weight excluding hydrogens is 383 g/mol. The molecule has 0 unspecified atom stereocenters. The molecule has 0 saturated carbocycles. The van der Waals surface area contributed by atoms with Gasteiger partial charge in [-0.05, 0) is 62.7 Å². The third-order valence-corrected chi connectivity index (χ3v) is 5.67. The Morgan fingerprint density at radius 1 is 1.03 bits per heavy atom. The van der Waals surface area contributed by atoms with E-state index in [9.17, 15) is 4.39 Å². The first-order valence-electron chi connectivity index (χ1n) is 10.4. The third-order valence-electron chi connectivity index (χ3n) is 5.67. The largest absolute Gasteiger partial charge is 0.493 e. The van der Waals surface area contributed by atoms with E-state index < -0.39 is 5.82 Å². The molecule has 0 aliphatic carbocycles. The summed E-state index contributed by atoms with van der Waals surface area (Å²) in [6, 6.07) is 11.8. The van der Waals surface area contributed by atoms with E-state index in [1.165, 1.54) is 6.07 Å². The standard InChI is InChI=1S/C24H27FN2O3/c1-3-27-12-9-17(10-13-27)16-29-24-15-20-18(14-23(24)28-2)21(8-11-26-20)30-22-7-5-4-6-19(22)25/h4-8,11,14-15,17H,3,9-10,12-13,16H2,1-2H3. The van der Waals surface area contributed by atoms with Gasteiger partial charge in [-0.3, -0.25) is 4.98 Å². The molecule has 0 spiro atoms. The second kappa shape index (κ2) is 9.30. The molecule has 5 nitrogen and oxygen atoms in total. The second-order valence-corrected chi connectivity index (χ2v) is 7.55. The number of ether oxygens (including phenoxy) is 3. The summed E-state index contributed by atoms with van der Waals surface area (Å²) in [5.41, 5.74) is 0.709. The fraction of sp³-hybridized carbons (Fsp3) is 0.375. The van der Waals surface area contributed by atoms with Crippen molar-refractivity contribution in [2.24, 2.45) is 5.92 Å². The second-order valence-electron chi connectivity index (χ2n) is 7.55. The Labute approximate surface area is 176 Å². The topological polar surface area (TPSA) is 43.8 Å². The lowest BCUT2D eigenvalue weighted by Crippen LogP contribution is -2.35. The number of pyridine rings is 1. The van der Waals surface area contributed by atoms with Crippen molar-refractivity contribution in [2.75, 3.05) is 33.4 Å². The van der Waals surface area contributed by atoms with Crippen LogP contribution in [0.5, 0.6) is 23.0 Å². The Morgan fingerprint density at radius 2 is 1.83 bits per heavy atom. The van der Waals surface area contributed by atoms with Crippen LogP contribution in [0.3, 0.4) is 0 Å². The van der Waals surface area contributed by atoms with Crippen molar-refractivity contribution < 1.29 is 18.6 Å². The number of nitrogens with zero attached hydrogens (tertiary/aromatic N) is 2. The number of methoxy groups -OCH3 is 1. The molecule has 1 fully saturated rings. The maximum Gasteiger partial charge on any atom is 0.165 e. The van der Waals surface area contributed by atoms with Crippen molar-refractivity contribution in [1.82, 2.24) is 9.88 Å². The first-order chi connectivity index (χ1) is 14.7. The zero-order valence-corrected chi connectivity index (χ0v) is 17.4. The number of halogens is 1. The van der Waals surface area contributed by atoms with Gasteiger partial charge in [0.25, 0.3) is 0 Å². The fourth-order valence-corrected chi connectivity index (χ4v) is 3.81. The van der Waals surface area contributed by atoms with Crippen molar-refractivity contribution in [2.45, 2.75) is 19.8 Å². The molecule has 6 heteroatoms. The van der Waals surface area contributed by atoms with Crippen LogP contribution in [0, 0.1) is 11.7 Å². The van der Waals surface area contributed by atoms with Gasteiger partial charge in [-0.2, -0.15) is 0 Å².